The van der Waals surface area contributed by atoms with Crippen molar-refractivity contribution in [3.63, 3.8) is 0 Å². The van der Waals surface area contributed by atoms with Gasteiger partial charge in [-0.25, -0.2) is 4.39 Å². The smallest absolute Gasteiger partial charge is 0.151 e. The highest BCUT2D eigenvalue weighted by Gasteiger charge is 2.18. The van der Waals surface area contributed by atoms with Gasteiger partial charge in [-0.3, -0.25) is 20.0 Å². The van der Waals surface area contributed by atoms with Gasteiger partial charge in [0.15, 0.2) is 5.83 Å². The van der Waals surface area contributed by atoms with Crippen molar-refractivity contribution in [1.29, 1.82) is 0 Å². The molecular formula is C20H17Br2FN4. The number of hydrogen-bond acceptors (Lipinski definition) is 4. The lowest BCUT2D eigenvalue weighted by Crippen LogP contribution is -2.01. The number of nitrogens with zero attached hydrogens (tertiary/aromatic N) is 4. The maximum atomic E-state index is 13.5. The van der Waals surface area contributed by atoms with Crippen LogP contribution in [0.15, 0.2) is 78.6 Å². The number of rotatable bonds is 2. The van der Waals surface area contributed by atoms with Crippen molar-refractivity contribution < 1.29 is 4.39 Å². The Morgan fingerprint density at radius 3 is 1.93 bits per heavy atom. The lowest BCUT2D eigenvalue weighted by atomic mass is 10.2. The highest BCUT2D eigenvalue weighted by Crippen LogP contribution is 2.20. The molecule has 4 heterocycles. The van der Waals surface area contributed by atoms with Crippen LogP contribution in [0.2, 0.25) is 0 Å². The van der Waals surface area contributed by atoms with Crippen LogP contribution < -0.4 is 0 Å². The van der Waals surface area contributed by atoms with E-state index in [1.807, 2.05) is 18.2 Å². The summed E-state index contributed by atoms with van der Waals surface area (Å²) in [6.45, 7) is 5.08. The van der Waals surface area contributed by atoms with Crippen molar-refractivity contribution in [1.82, 2.24) is 9.97 Å². The summed E-state index contributed by atoms with van der Waals surface area (Å²) in [4.78, 5) is 16.8. The Hall–Kier alpha value is -1.99. The zero-order valence-corrected chi connectivity index (χ0v) is 18.1. The minimum absolute atomic E-state index is 0.236. The Morgan fingerprint density at radius 1 is 0.852 bits per heavy atom. The zero-order chi connectivity index (χ0) is 19.4. The molecule has 27 heavy (non-hydrogen) atoms. The van der Waals surface area contributed by atoms with Gasteiger partial charge in [0.25, 0.3) is 0 Å². The monoisotopic (exact) mass is 490 g/mol. The first kappa shape index (κ1) is 19.8. The number of halogens is 3. The van der Waals surface area contributed by atoms with E-state index < -0.39 is 0 Å². The van der Waals surface area contributed by atoms with E-state index in [1.165, 1.54) is 5.57 Å². The summed E-state index contributed by atoms with van der Waals surface area (Å²) in [7, 11) is 0. The number of hydrogen-bond donors (Lipinski definition) is 0. The van der Waals surface area contributed by atoms with E-state index in [0.29, 0.717) is 23.5 Å². The van der Waals surface area contributed by atoms with Gasteiger partial charge < -0.3 is 0 Å². The minimum atomic E-state index is -0.236. The molecule has 0 aromatic carbocycles. The van der Waals surface area contributed by atoms with Crippen molar-refractivity contribution in [2.75, 3.05) is 13.1 Å². The summed E-state index contributed by atoms with van der Waals surface area (Å²) < 4.78 is 15.3. The van der Waals surface area contributed by atoms with Crippen LogP contribution >= 0.6 is 31.9 Å². The molecule has 2 aliphatic heterocycles. The first-order valence-electron chi connectivity index (χ1n) is 8.29. The van der Waals surface area contributed by atoms with Crippen LogP contribution in [0.4, 0.5) is 4.39 Å². The van der Waals surface area contributed by atoms with Crippen molar-refractivity contribution in [2.24, 2.45) is 9.98 Å². The fourth-order valence-electron chi connectivity index (χ4n) is 2.46. The van der Waals surface area contributed by atoms with Gasteiger partial charge in [-0.15, -0.1) is 0 Å². The van der Waals surface area contributed by atoms with E-state index in [-0.39, 0.29) is 5.83 Å². The molecule has 0 N–H and O–H groups in total. The molecular weight excluding hydrogens is 475 g/mol. The van der Waals surface area contributed by atoms with Gasteiger partial charge in [0.1, 0.15) is 5.71 Å². The fourth-order valence-corrected chi connectivity index (χ4v) is 2.93. The Bertz CT molecular complexity index is 958. The molecule has 0 amide bonds. The molecule has 0 aliphatic carbocycles. The van der Waals surface area contributed by atoms with E-state index in [1.54, 1.807) is 25.4 Å². The fraction of sp³-hybridized carbons (Fsp3) is 0.200. The van der Waals surface area contributed by atoms with Gasteiger partial charge in [0, 0.05) is 21.3 Å². The molecule has 0 radical (unpaired) electrons. The molecule has 2 aliphatic rings. The number of aromatic nitrogens is 2. The summed E-state index contributed by atoms with van der Waals surface area (Å²) in [6, 6.07) is 7.53. The second-order valence-corrected chi connectivity index (χ2v) is 8.01. The van der Waals surface area contributed by atoms with E-state index in [0.717, 1.165) is 26.9 Å². The standard InChI is InChI=1S/C10H8BrFN2.C10H9BrN2/c1-6-4-14-10(9(6)12)8-3-2-7(11)5-13-8;1-7-4-10(12-5-7)9-3-2-8(11)6-13-9/h2-3,5H,4H2,1H3;2-4,6H,5H2,1H3. The van der Waals surface area contributed by atoms with E-state index in [9.17, 15) is 4.39 Å². The Labute approximate surface area is 174 Å². The maximum Gasteiger partial charge on any atom is 0.151 e. The van der Waals surface area contributed by atoms with Gasteiger partial charge in [-0.1, -0.05) is 0 Å². The molecule has 138 valence electrons. The molecule has 0 atom stereocenters. The third-order valence-corrected chi connectivity index (χ3v) is 4.84. The third-order valence-electron chi connectivity index (χ3n) is 3.90. The van der Waals surface area contributed by atoms with Crippen molar-refractivity contribution in [2.45, 2.75) is 13.8 Å². The van der Waals surface area contributed by atoms with Crippen LogP contribution in [0.25, 0.3) is 0 Å². The van der Waals surface area contributed by atoms with Gasteiger partial charge in [0.05, 0.1) is 30.2 Å². The van der Waals surface area contributed by atoms with Gasteiger partial charge in [-0.05, 0) is 87.2 Å². The summed E-state index contributed by atoms with van der Waals surface area (Å²) in [6.07, 6.45) is 5.51. The average molecular weight is 492 g/mol. The third kappa shape index (κ3) is 5.05. The zero-order valence-electron chi connectivity index (χ0n) is 14.9. The molecule has 0 saturated carbocycles. The molecule has 4 rings (SSSR count). The molecule has 4 nitrogen and oxygen atoms in total. The summed E-state index contributed by atoms with van der Waals surface area (Å²) in [5, 5.41) is 0. The van der Waals surface area contributed by atoms with E-state index in [2.05, 4.69) is 64.8 Å². The predicted octanol–water partition coefficient (Wildman–Crippen LogP) is 5.48. The van der Waals surface area contributed by atoms with Crippen LogP contribution in [0.5, 0.6) is 0 Å². The van der Waals surface area contributed by atoms with Crippen LogP contribution in [0.1, 0.15) is 25.2 Å². The SMILES string of the molecule is CC1=C(F)C(c2ccc(Br)cn2)=NC1.CC1=CC(c2ccc(Br)cn2)=NC1. The molecule has 0 bridgehead atoms. The van der Waals surface area contributed by atoms with Crippen molar-refractivity contribution >= 4 is 43.3 Å². The molecule has 0 unspecified atom stereocenters. The molecule has 0 saturated heterocycles. The number of pyridine rings is 2. The molecule has 0 fully saturated rings. The summed E-state index contributed by atoms with van der Waals surface area (Å²) in [5.74, 6) is -0.236. The topological polar surface area (TPSA) is 50.5 Å². The van der Waals surface area contributed by atoms with Crippen LogP contribution in [0, 0.1) is 0 Å². The Balaban J connectivity index is 0.000000156. The lowest BCUT2D eigenvalue weighted by Gasteiger charge is -1.99. The maximum absolute atomic E-state index is 13.5. The second-order valence-electron chi connectivity index (χ2n) is 6.17. The number of allylic oxidation sites excluding steroid dienone is 2. The Morgan fingerprint density at radius 2 is 1.48 bits per heavy atom. The van der Waals surface area contributed by atoms with Crippen LogP contribution in [-0.2, 0) is 0 Å². The second kappa shape index (κ2) is 8.80. The molecule has 2 aromatic heterocycles. The molecule has 7 heteroatoms. The molecule has 0 spiro atoms. The lowest BCUT2D eigenvalue weighted by molar-refractivity contribution is 0.674. The highest BCUT2D eigenvalue weighted by atomic mass is 79.9. The summed E-state index contributed by atoms with van der Waals surface area (Å²) >= 11 is 6.62. The van der Waals surface area contributed by atoms with E-state index >= 15 is 0 Å². The van der Waals surface area contributed by atoms with Crippen LogP contribution in [0.3, 0.4) is 0 Å². The molecule has 2 aromatic rings. The summed E-state index contributed by atoms with van der Waals surface area (Å²) in [5.41, 5.74) is 4.85. The quantitative estimate of drug-likeness (QED) is 0.558. The van der Waals surface area contributed by atoms with Gasteiger partial charge in [-0.2, -0.15) is 0 Å². The average Bonchev–Trinajstić information content (AvgIpc) is 3.24. The van der Waals surface area contributed by atoms with Crippen molar-refractivity contribution in [3.05, 3.63) is 80.0 Å². The minimum Gasteiger partial charge on any atom is -0.279 e. The van der Waals surface area contributed by atoms with Crippen LogP contribution in [-0.4, -0.2) is 34.5 Å². The van der Waals surface area contributed by atoms with Gasteiger partial charge >= 0.3 is 0 Å². The number of aliphatic imine (C=N–C) groups is 2. The highest BCUT2D eigenvalue weighted by molar-refractivity contribution is 9.10. The van der Waals surface area contributed by atoms with E-state index in [4.69, 9.17) is 0 Å². The Kier molecular flexibility index (Phi) is 6.44. The largest absolute Gasteiger partial charge is 0.279 e. The first-order valence-corrected chi connectivity index (χ1v) is 9.88. The van der Waals surface area contributed by atoms with Crippen molar-refractivity contribution in [3.8, 4) is 0 Å². The van der Waals surface area contributed by atoms with Gasteiger partial charge in [0.2, 0.25) is 0 Å². The predicted molar refractivity (Wildman–Crippen MR) is 114 cm³/mol. The first-order chi connectivity index (χ1) is 12.9. The normalized spacial score (nSPS) is 15.8.